The SMILES string of the molecule is Cc1ccc(S(=O)(=O)NC(=O)N(Cc2cccc(Cl)c2)Cc2ccco2)cc1. The first-order chi connectivity index (χ1) is 13.3. The third kappa shape index (κ3) is 5.15. The van der Waals surface area contributed by atoms with Gasteiger partial charge >= 0.3 is 6.03 Å². The van der Waals surface area contributed by atoms with Gasteiger partial charge in [-0.15, -0.1) is 0 Å². The molecule has 0 aliphatic heterocycles. The van der Waals surface area contributed by atoms with Gasteiger partial charge in [-0.3, -0.25) is 0 Å². The molecule has 1 aromatic heterocycles. The molecule has 3 aromatic rings. The lowest BCUT2D eigenvalue weighted by Gasteiger charge is -2.22. The number of carbonyl (C=O) groups is 1. The highest BCUT2D eigenvalue weighted by Gasteiger charge is 2.23. The van der Waals surface area contributed by atoms with E-state index in [2.05, 4.69) is 4.72 Å². The molecule has 1 N–H and O–H groups in total. The van der Waals surface area contributed by atoms with Crippen LogP contribution in [0.2, 0.25) is 5.02 Å². The highest BCUT2D eigenvalue weighted by atomic mass is 35.5. The average molecular weight is 419 g/mol. The largest absolute Gasteiger partial charge is 0.467 e. The van der Waals surface area contributed by atoms with Crippen LogP contribution in [0.15, 0.2) is 76.2 Å². The number of rotatable bonds is 6. The maximum absolute atomic E-state index is 12.8. The molecule has 0 bridgehead atoms. The minimum Gasteiger partial charge on any atom is -0.467 e. The Morgan fingerprint density at radius 1 is 1.07 bits per heavy atom. The van der Waals surface area contributed by atoms with E-state index in [9.17, 15) is 13.2 Å². The Morgan fingerprint density at radius 3 is 2.46 bits per heavy atom. The van der Waals surface area contributed by atoms with Gasteiger partial charge < -0.3 is 9.32 Å². The number of nitrogens with zero attached hydrogens (tertiary/aromatic N) is 1. The normalized spacial score (nSPS) is 11.2. The van der Waals surface area contributed by atoms with Crippen LogP contribution in [0.1, 0.15) is 16.9 Å². The summed E-state index contributed by atoms with van der Waals surface area (Å²) >= 11 is 6.02. The summed E-state index contributed by atoms with van der Waals surface area (Å²) in [5.41, 5.74) is 1.69. The molecule has 0 saturated heterocycles. The monoisotopic (exact) mass is 418 g/mol. The Labute approximate surface area is 168 Å². The fourth-order valence-corrected chi connectivity index (χ4v) is 3.79. The van der Waals surface area contributed by atoms with Crippen LogP contribution < -0.4 is 4.72 Å². The molecule has 0 unspecified atom stereocenters. The number of hydrogen-bond acceptors (Lipinski definition) is 4. The van der Waals surface area contributed by atoms with Crippen LogP contribution in [0.25, 0.3) is 0 Å². The molecular weight excluding hydrogens is 400 g/mol. The molecule has 1 heterocycles. The molecule has 8 heteroatoms. The lowest BCUT2D eigenvalue weighted by Crippen LogP contribution is -2.42. The fourth-order valence-electron chi connectivity index (χ4n) is 2.60. The summed E-state index contributed by atoms with van der Waals surface area (Å²) in [7, 11) is -4.00. The van der Waals surface area contributed by atoms with Crippen molar-refractivity contribution in [3.05, 3.63) is 88.8 Å². The fraction of sp³-hybridized carbons (Fsp3) is 0.150. The Morgan fingerprint density at radius 2 is 1.82 bits per heavy atom. The minimum absolute atomic E-state index is 0.0205. The molecule has 0 radical (unpaired) electrons. The van der Waals surface area contributed by atoms with Crippen LogP contribution in [0, 0.1) is 6.92 Å². The van der Waals surface area contributed by atoms with Crippen LogP contribution >= 0.6 is 11.6 Å². The van der Waals surface area contributed by atoms with Gasteiger partial charge in [0.25, 0.3) is 10.0 Å². The van der Waals surface area contributed by atoms with Crippen LogP contribution in [-0.2, 0) is 23.1 Å². The Bertz CT molecular complexity index is 1050. The summed E-state index contributed by atoms with van der Waals surface area (Å²) in [6.45, 7) is 2.12. The van der Waals surface area contributed by atoms with Crippen LogP contribution in [0.4, 0.5) is 4.79 Å². The second kappa shape index (κ2) is 8.50. The van der Waals surface area contributed by atoms with Crippen LogP contribution in [0.5, 0.6) is 0 Å². The number of urea groups is 1. The molecule has 0 saturated carbocycles. The molecule has 2 aromatic carbocycles. The van der Waals surface area contributed by atoms with Crippen molar-refractivity contribution in [2.24, 2.45) is 0 Å². The topological polar surface area (TPSA) is 79.6 Å². The molecular formula is C20H19ClN2O4S. The van der Waals surface area contributed by atoms with Crippen molar-refractivity contribution in [1.29, 1.82) is 0 Å². The zero-order chi connectivity index (χ0) is 20.1. The number of sulfonamides is 1. The predicted molar refractivity (Wildman–Crippen MR) is 106 cm³/mol. The number of benzene rings is 2. The van der Waals surface area contributed by atoms with Gasteiger partial charge in [-0.2, -0.15) is 0 Å². The average Bonchev–Trinajstić information content (AvgIpc) is 3.14. The van der Waals surface area contributed by atoms with Gasteiger partial charge in [0.05, 0.1) is 17.7 Å². The van der Waals surface area contributed by atoms with E-state index in [1.807, 2.05) is 13.0 Å². The van der Waals surface area contributed by atoms with Crippen LogP contribution in [0.3, 0.4) is 0 Å². The number of hydrogen-bond donors (Lipinski definition) is 1. The highest BCUT2D eigenvalue weighted by molar-refractivity contribution is 7.90. The molecule has 0 spiro atoms. The summed E-state index contributed by atoms with van der Waals surface area (Å²) < 4.78 is 32.6. The maximum Gasteiger partial charge on any atom is 0.332 e. The van der Waals surface area contributed by atoms with Crippen molar-refractivity contribution in [3.8, 4) is 0 Å². The molecule has 3 rings (SSSR count). The van der Waals surface area contributed by atoms with Gasteiger partial charge in [0, 0.05) is 11.6 Å². The first-order valence-electron chi connectivity index (χ1n) is 8.49. The number of aryl methyl sites for hydroxylation is 1. The number of amides is 2. The van der Waals surface area contributed by atoms with E-state index in [0.717, 1.165) is 11.1 Å². The van der Waals surface area contributed by atoms with Gasteiger partial charge in [-0.1, -0.05) is 41.4 Å². The van der Waals surface area contributed by atoms with Gasteiger partial charge in [-0.05, 0) is 48.9 Å². The van der Waals surface area contributed by atoms with Crippen molar-refractivity contribution < 1.29 is 17.6 Å². The third-order valence-corrected chi connectivity index (χ3v) is 5.60. The Balaban J connectivity index is 1.82. The molecule has 0 atom stereocenters. The van der Waals surface area contributed by atoms with Crippen molar-refractivity contribution in [2.75, 3.05) is 0 Å². The van der Waals surface area contributed by atoms with E-state index in [4.69, 9.17) is 16.0 Å². The zero-order valence-corrected chi connectivity index (χ0v) is 16.7. The van der Waals surface area contributed by atoms with E-state index in [0.29, 0.717) is 10.8 Å². The first-order valence-corrected chi connectivity index (χ1v) is 10.3. The number of nitrogens with one attached hydrogen (secondary N) is 1. The summed E-state index contributed by atoms with van der Waals surface area (Å²) in [4.78, 5) is 14.1. The summed E-state index contributed by atoms with van der Waals surface area (Å²) in [5.74, 6) is 0.532. The number of furan rings is 1. The molecule has 6 nitrogen and oxygen atoms in total. The molecule has 28 heavy (non-hydrogen) atoms. The van der Waals surface area contributed by atoms with Crippen molar-refractivity contribution in [2.45, 2.75) is 24.9 Å². The first kappa shape index (κ1) is 20.0. The second-order valence-electron chi connectivity index (χ2n) is 6.29. The van der Waals surface area contributed by atoms with E-state index in [-0.39, 0.29) is 18.0 Å². The quantitative estimate of drug-likeness (QED) is 0.645. The van der Waals surface area contributed by atoms with Gasteiger partial charge in [0.15, 0.2) is 0 Å². The second-order valence-corrected chi connectivity index (χ2v) is 8.41. The molecule has 0 aliphatic carbocycles. The number of halogens is 1. The maximum atomic E-state index is 12.8. The van der Waals surface area contributed by atoms with Gasteiger partial charge in [0.1, 0.15) is 5.76 Å². The summed E-state index contributed by atoms with van der Waals surface area (Å²) in [5, 5.41) is 0.531. The van der Waals surface area contributed by atoms with Crippen molar-refractivity contribution in [1.82, 2.24) is 9.62 Å². The molecule has 2 amide bonds. The molecule has 0 fully saturated rings. The lowest BCUT2D eigenvalue weighted by atomic mass is 10.2. The standard InChI is InChI=1S/C20H19ClN2O4S/c1-15-7-9-19(10-8-15)28(25,26)22-20(24)23(14-18-6-3-11-27-18)13-16-4-2-5-17(21)12-16/h2-12H,13-14H2,1H3,(H,22,24). The van der Waals surface area contributed by atoms with Crippen molar-refractivity contribution >= 4 is 27.7 Å². The van der Waals surface area contributed by atoms with E-state index >= 15 is 0 Å². The highest BCUT2D eigenvalue weighted by Crippen LogP contribution is 2.16. The smallest absolute Gasteiger partial charge is 0.332 e. The Kier molecular flexibility index (Phi) is 6.06. The summed E-state index contributed by atoms with van der Waals surface area (Å²) in [6.07, 6.45) is 1.49. The van der Waals surface area contributed by atoms with Gasteiger partial charge in [-0.25, -0.2) is 17.9 Å². The van der Waals surface area contributed by atoms with E-state index < -0.39 is 16.1 Å². The van der Waals surface area contributed by atoms with Crippen LogP contribution in [-0.4, -0.2) is 19.3 Å². The van der Waals surface area contributed by atoms with Gasteiger partial charge in [0.2, 0.25) is 0 Å². The lowest BCUT2D eigenvalue weighted by molar-refractivity contribution is 0.193. The zero-order valence-electron chi connectivity index (χ0n) is 15.1. The summed E-state index contributed by atoms with van der Waals surface area (Å²) in [6, 6.07) is 15.9. The number of carbonyl (C=O) groups excluding carboxylic acids is 1. The minimum atomic E-state index is -4.00. The van der Waals surface area contributed by atoms with E-state index in [1.165, 1.54) is 23.3 Å². The third-order valence-electron chi connectivity index (χ3n) is 4.03. The Hall–Kier alpha value is -2.77. The van der Waals surface area contributed by atoms with E-state index in [1.54, 1.807) is 42.5 Å². The van der Waals surface area contributed by atoms with Crippen molar-refractivity contribution in [3.63, 3.8) is 0 Å². The molecule has 0 aliphatic rings. The predicted octanol–water partition coefficient (Wildman–Crippen LogP) is 4.34. The molecule has 146 valence electrons.